The Labute approximate surface area is 80.6 Å². The zero-order valence-corrected chi connectivity index (χ0v) is 7.79. The van der Waals surface area contributed by atoms with Crippen LogP contribution in [-0.4, -0.2) is 0 Å². The smallest absolute Gasteiger partial charge is 0.0208 e. The monoisotopic (exact) mass is 170 g/mol. The Morgan fingerprint density at radius 1 is 1.15 bits per heavy atom. The van der Waals surface area contributed by atoms with Crippen LogP contribution in [0.3, 0.4) is 0 Å². The van der Waals surface area contributed by atoms with E-state index in [1.165, 1.54) is 11.1 Å². The van der Waals surface area contributed by atoms with Crippen molar-refractivity contribution >= 4 is 0 Å². The Morgan fingerprint density at radius 2 is 1.92 bits per heavy atom. The van der Waals surface area contributed by atoms with Crippen LogP contribution in [0.1, 0.15) is 17.5 Å². The first kappa shape index (κ1) is 9.79. The largest absolute Gasteiger partial charge is 0.103 e. The molecule has 0 N–H and O–H groups in total. The van der Waals surface area contributed by atoms with Gasteiger partial charge in [0.1, 0.15) is 0 Å². The average Bonchev–Trinajstić information content (AvgIpc) is 2.17. The molecule has 13 heavy (non-hydrogen) atoms. The normalized spacial score (nSPS) is 9.54. The lowest BCUT2D eigenvalue weighted by Gasteiger charge is -2.04. The molecule has 0 aliphatic carbocycles. The van der Waals surface area contributed by atoms with Gasteiger partial charge in [-0.05, 0) is 24.0 Å². The van der Waals surface area contributed by atoms with Gasteiger partial charge < -0.3 is 0 Å². The van der Waals surface area contributed by atoms with Gasteiger partial charge in [0.2, 0.25) is 0 Å². The molecule has 0 aliphatic heterocycles. The standard InChI is InChI=1S/C13H14/c1-3-5-9-13-11-7-6-10-12(13)8-4-2/h3-4,6-7,10-11H,1-2,5,8H2. The summed E-state index contributed by atoms with van der Waals surface area (Å²) in [5.74, 6) is 0. The molecule has 0 spiro atoms. The molecular formula is C13H14. The second kappa shape index (κ2) is 5.36. The molecule has 0 saturated heterocycles. The first-order chi connectivity index (χ1) is 6.38. The highest BCUT2D eigenvalue weighted by molar-refractivity contribution is 5.34. The maximum absolute atomic E-state index is 3.73. The molecule has 0 nitrogen and oxygen atoms in total. The Hall–Kier alpha value is -1.30. The zero-order valence-electron chi connectivity index (χ0n) is 7.79. The lowest BCUT2D eigenvalue weighted by molar-refractivity contribution is 1.17. The minimum atomic E-state index is 0.800. The number of allylic oxidation sites excluding steroid dienone is 2. The molecule has 1 aromatic rings. The van der Waals surface area contributed by atoms with E-state index in [1.807, 2.05) is 24.3 Å². The molecule has 0 aliphatic rings. The van der Waals surface area contributed by atoms with Crippen LogP contribution in [0, 0.1) is 6.42 Å². The molecule has 0 unspecified atom stereocenters. The molecule has 0 bridgehead atoms. The quantitative estimate of drug-likeness (QED) is 0.594. The van der Waals surface area contributed by atoms with Crippen LogP contribution >= 0.6 is 0 Å². The van der Waals surface area contributed by atoms with Crippen molar-refractivity contribution in [1.82, 2.24) is 0 Å². The van der Waals surface area contributed by atoms with Crippen molar-refractivity contribution in [2.75, 3.05) is 0 Å². The van der Waals surface area contributed by atoms with Crippen molar-refractivity contribution in [2.45, 2.75) is 12.8 Å². The van der Waals surface area contributed by atoms with E-state index in [9.17, 15) is 0 Å². The summed E-state index contributed by atoms with van der Waals surface area (Å²) >= 11 is 0. The Kier molecular flexibility index (Phi) is 4.04. The summed E-state index contributed by atoms with van der Waals surface area (Å²) in [5.41, 5.74) is 2.45. The Bertz CT molecular complexity index is 284. The second-order valence-corrected chi connectivity index (χ2v) is 2.82. The van der Waals surface area contributed by atoms with Crippen LogP contribution in [-0.2, 0) is 6.42 Å². The molecule has 1 rings (SSSR count). The molecule has 0 atom stereocenters. The third-order valence-electron chi connectivity index (χ3n) is 1.82. The van der Waals surface area contributed by atoms with Crippen LogP contribution in [0.5, 0.6) is 0 Å². The summed E-state index contributed by atoms with van der Waals surface area (Å²) in [5, 5.41) is 0. The predicted octanol–water partition coefficient (Wildman–Crippen LogP) is 3.42. The van der Waals surface area contributed by atoms with E-state index in [0.29, 0.717) is 0 Å². The third-order valence-corrected chi connectivity index (χ3v) is 1.82. The maximum Gasteiger partial charge on any atom is 0.0208 e. The number of hydrogen-bond donors (Lipinski definition) is 0. The second-order valence-electron chi connectivity index (χ2n) is 2.82. The summed E-state index contributed by atoms with van der Waals surface area (Å²) in [4.78, 5) is 0. The van der Waals surface area contributed by atoms with Crippen molar-refractivity contribution in [3.63, 3.8) is 0 Å². The van der Waals surface area contributed by atoms with Crippen LogP contribution in [0.25, 0.3) is 0 Å². The van der Waals surface area contributed by atoms with Gasteiger partial charge in [0.15, 0.2) is 0 Å². The highest BCUT2D eigenvalue weighted by Crippen LogP contribution is 2.13. The molecular weight excluding hydrogens is 156 g/mol. The molecule has 0 saturated carbocycles. The first-order valence-electron chi connectivity index (χ1n) is 4.42. The Balaban J connectivity index is 2.77. The zero-order chi connectivity index (χ0) is 9.52. The van der Waals surface area contributed by atoms with E-state index in [-0.39, 0.29) is 0 Å². The summed E-state index contributed by atoms with van der Waals surface area (Å²) in [6.45, 7) is 7.40. The summed E-state index contributed by atoms with van der Waals surface area (Å²) < 4.78 is 0. The first-order valence-corrected chi connectivity index (χ1v) is 4.42. The van der Waals surface area contributed by atoms with Crippen molar-refractivity contribution in [3.8, 4) is 0 Å². The number of rotatable bonds is 5. The van der Waals surface area contributed by atoms with Crippen LogP contribution in [0.15, 0.2) is 49.6 Å². The van der Waals surface area contributed by atoms with Gasteiger partial charge in [-0.25, -0.2) is 0 Å². The van der Waals surface area contributed by atoms with Crippen molar-refractivity contribution in [2.24, 2.45) is 0 Å². The van der Waals surface area contributed by atoms with Crippen molar-refractivity contribution in [3.05, 3.63) is 67.1 Å². The van der Waals surface area contributed by atoms with Crippen molar-refractivity contribution in [1.29, 1.82) is 0 Å². The molecule has 1 aromatic carbocycles. The summed E-state index contributed by atoms with van der Waals surface area (Å²) in [6.07, 6.45) is 8.75. The van der Waals surface area contributed by atoms with Crippen LogP contribution in [0.4, 0.5) is 0 Å². The fraction of sp³-hybridized carbons (Fsp3) is 0.154. The fourth-order valence-electron chi connectivity index (χ4n) is 1.21. The van der Waals surface area contributed by atoms with Crippen LogP contribution < -0.4 is 0 Å². The third kappa shape index (κ3) is 2.90. The minimum Gasteiger partial charge on any atom is -0.103 e. The molecule has 0 heterocycles. The lowest BCUT2D eigenvalue weighted by Crippen LogP contribution is -1.89. The van der Waals surface area contributed by atoms with E-state index >= 15 is 0 Å². The lowest BCUT2D eigenvalue weighted by atomic mass is 10.0. The molecule has 0 aromatic heterocycles. The highest BCUT2D eigenvalue weighted by atomic mass is 14.0. The maximum atomic E-state index is 3.73. The Morgan fingerprint density at radius 3 is 2.62 bits per heavy atom. The van der Waals surface area contributed by atoms with E-state index in [2.05, 4.69) is 31.7 Å². The summed E-state index contributed by atoms with van der Waals surface area (Å²) in [6, 6.07) is 8.24. The van der Waals surface area contributed by atoms with Gasteiger partial charge in [0.05, 0.1) is 0 Å². The topological polar surface area (TPSA) is 0 Å². The highest BCUT2D eigenvalue weighted by Gasteiger charge is 1.98. The van der Waals surface area contributed by atoms with Gasteiger partial charge in [-0.15, -0.1) is 13.2 Å². The molecule has 2 radical (unpaired) electrons. The van der Waals surface area contributed by atoms with Gasteiger partial charge in [-0.2, -0.15) is 0 Å². The molecule has 0 fully saturated rings. The SMILES string of the molecule is C=CC[C]c1ccccc1CC=C. The van der Waals surface area contributed by atoms with Gasteiger partial charge in [-0.1, -0.05) is 36.4 Å². The van der Waals surface area contributed by atoms with Gasteiger partial charge in [0.25, 0.3) is 0 Å². The molecule has 66 valence electrons. The van der Waals surface area contributed by atoms with Gasteiger partial charge in [-0.3, -0.25) is 0 Å². The average molecular weight is 170 g/mol. The fourth-order valence-corrected chi connectivity index (χ4v) is 1.21. The predicted molar refractivity (Wildman–Crippen MR) is 57.5 cm³/mol. The van der Waals surface area contributed by atoms with Crippen LogP contribution in [0.2, 0.25) is 0 Å². The van der Waals surface area contributed by atoms with E-state index < -0.39 is 0 Å². The van der Waals surface area contributed by atoms with Gasteiger partial charge >= 0.3 is 0 Å². The van der Waals surface area contributed by atoms with E-state index in [1.54, 1.807) is 0 Å². The van der Waals surface area contributed by atoms with E-state index in [0.717, 1.165) is 12.8 Å². The number of benzene rings is 1. The minimum absolute atomic E-state index is 0.800. The molecule has 0 heteroatoms. The van der Waals surface area contributed by atoms with E-state index in [4.69, 9.17) is 0 Å². The summed E-state index contributed by atoms with van der Waals surface area (Å²) in [7, 11) is 0. The van der Waals surface area contributed by atoms with Gasteiger partial charge in [0, 0.05) is 6.42 Å². The molecule has 0 amide bonds. The van der Waals surface area contributed by atoms with Crippen molar-refractivity contribution < 1.29 is 0 Å². The number of hydrogen-bond acceptors (Lipinski definition) is 0.